The summed E-state index contributed by atoms with van der Waals surface area (Å²) in [4.78, 5) is 1.36. The summed E-state index contributed by atoms with van der Waals surface area (Å²) in [5, 5.41) is 12.1. The van der Waals surface area contributed by atoms with Crippen molar-refractivity contribution < 1.29 is 5.11 Å². The summed E-state index contributed by atoms with van der Waals surface area (Å²) in [5.41, 5.74) is 2.52. The van der Waals surface area contributed by atoms with Gasteiger partial charge in [-0.3, -0.25) is 0 Å². The van der Waals surface area contributed by atoms with Crippen LogP contribution in [0, 0.1) is 6.92 Å². The van der Waals surface area contributed by atoms with Crippen LogP contribution in [0.25, 0.3) is 0 Å². The van der Waals surface area contributed by atoms with Crippen LogP contribution < -0.4 is 0 Å². The van der Waals surface area contributed by atoms with Gasteiger partial charge in [-0.05, 0) is 48.8 Å². The van der Waals surface area contributed by atoms with E-state index in [2.05, 4.69) is 36.6 Å². The zero-order valence-corrected chi connectivity index (χ0v) is 10.9. The first-order valence-corrected chi connectivity index (χ1v) is 6.88. The molecular weight excluding hydrogens is 228 g/mol. The molecule has 0 radical (unpaired) electrons. The molecular formula is C15H18OS. The van der Waals surface area contributed by atoms with Crippen molar-refractivity contribution in [3.63, 3.8) is 0 Å². The molecule has 0 saturated carbocycles. The third kappa shape index (κ3) is 3.69. The summed E-state index contributed by atoms with van der Waals surface area (Å²) in [7, 11) is 0. The van der Waals surface area contributed by atoms with Crippen molar-refractivity contribution in [2.75, 3.05) is 0 Å². The Morgan fingerprint density at radius 1 is 1.18 bits per heavy atom. The highest BCUT2D eigenvalue weighted by Gasteiger charge is 2.07. The van der Waals surface area contributed by atoms with Crippen molar-refractivity contribution in [1.82, 2.24) is 0 Å². The predicted octanol–water partition coefficient (Wildman–Crippen LogP) is 3.59. The molecule has 1 N–H and O–H groups in total. The minimum atomic E-state index is -0.238. The van der Waals surface area contributed by atoms with Gasteiger partial charge >= 0.3 is 0 Å². The number of benzene rings is 1. The molecule has 1 unspecified atom stereocenters. The third-order valence-corrected chi connectivity index (χ3v) is 3.96. The Kier molecular flexibility index (Phi) is 4.35. The zero-order chi connectivity index (χ0) is 12.1. The molecule has 0 aliphatic heterocycles. The molecule has 0 spiro atoms. The van der Waals surface area contributed by atoms with Gasteiger partial charge in [0.25, 0.3) is 0 Å². The molecule has 90 valence electrons. The normalized spacial score (nSPS) is 12.6. The van der Waals surface area contributed by atoms with Gasteiger partial charge in [0.15, 0.2) is 0 Å². The smallest absolute Gasteiger partial charge is 0.0584 e. The molecule has 0 aliphatic rings. The van der Waals surface area contributed by atoms with Gasteiger partial charge < -0.3 is 5.11 Å². The third-order valence-electron chi connectivity index (χ3n) is 3.02. The first-order valence-electron chi connectivity index (χ1n) is 6.00. The molecule has 1 heterocycles. The zero-order valence-electron chi connectivity index (χ0n) is 10.1. The molecule has 0 saturated heterocycles. The molecule has 1 aromatic carbocycles. The Balaban J connectivity index is 1.85. The SMILES string of the molecule is Cc1ccccc1CC(O)CCc1cccs1. The fourth-order valence-corrected chi connectivity index (χ4v) is 2.68. The van der Waals surface area contributed by atoms with Crippen LogP contribution in [0.5, 0.6) is 0 Å². The molecule has 2 aromatic rings. The number of thiophene rings is 1. The summed E-state index contributed by atoms with van der Waals surface area (Å²) < 4.78 is 0. The number of aliphatic hydroxyl groups is 1. The lowest BCUT2D eigenvalue weighted by atomic mass is 10.00. The van der Waals surface area contributed by atoms with Crippen LogP contribution in [-0.2, 0) is 12.8 Å². The Bertz CT molecular complexity index is 448. The summed E-state index contributed by atoms with van der Waals surface area (Å²) in [6.45, 7) is 2.10. The van der Waals surface area contributed by atoms with E-state index >= 15 is 0 Å². The van der Waals surface area contributed by atoms with E-state index in [4.69, 9.17) is 0 Å². The minimum absolute atomic E-state index is 0.238. The van der Waals surface area contributed by atoms with E-state index < -0.39 is 0 Å². The molecule has 17 heavy (non-hydrogen) atoms. The number of aryl methyl sites for hydroxylation is 2. The van der Waals surface area contributed by atoms with Crippen LogP contribution in [0.2, 0.25) is 0 Å². The van der Waals surface area contributed by atoms with E-state index in [0.717, 1.165) is 19.3 Å². The molecule has 0 fully saturated rings. The average Bonchev–Trinajstić information content (AvgIpc) is 2.82. The summed E-state index contributed by atoms with van der Waals surface area (Å²) in [6, 6.07) is 12.5. The molecule has 1 nitrogen and oxygen atoms in total. The topological polar surface area (TPSA) is 20.2 Å². The summed E-state index contributed by atoms with van der Waals surface area (Å²) >= 11 is 1.76. The number of aliphatic hydroxyl groups excluding tert-OH is 1. The van der Waals surface area contributed by atoms with Gasteiger partial charge in [-0.2, -0.15) is 0 Å². The van der Waals surface area contributed by atoms with Crippen LogP contribution in [-0.4, -0.2) is 11.2 Å². The molecule has 0 amide bonds. The Morgan fingerprint density at radius 2 is 2.00 bits per heavy atom. The maximum atomic E-state index is 10.0. The fourth-order valence-electron chi connectivity index (χ4n) is 1.96. The summed E-state index contributed by atoms with van der Waals surface area (Å²) in [6.07, 6.45) is 2.34. The Hall–Kier alpha value is -1.12. The maximum absolute atomic E-state index is 10.0. The lowest BCUT2D eigenvalue weighted by Crippen LogP contribution is -2.12. The second-order valence-corrected chi connectivity index (χ2v) is 5.43. The van der Waals surface area contributed by atoms with Gasteiger partial charge in [-0.15, -0.1) is 11.3 Å². The van der Waals surface area contributed by atoms with Crippen molar-refractivity contribution in [3.05, 3.63) is 57.8 Å². The summed E-state index contributed by atoms with van der Waals surface area (Å²) in [5.74, 6) is 0. The van der Waals surface area contributed by atoms with Gasteiger partial charge in [-0.1, -0.05) is 30.3 Å². The van der Waals surface area contributed by atoms with Gasteiger partial charge in [0.2, 0.25) is 0 Å². The Labute approximate surface area is 107 Å². The van der Waals surface area contributed by atoms with Crippen LogP contribution in [0.15, 0.2) is 41.8 Å². The largest absolute Gasteiger partial charge is 0.393 e. The lowest BCUT2D eigenvalue weighted by Gasteiger charge is -2.11. The van der Waals surface area contributed by atoms with Crippen molar-refractivity contribution >= 4 is 11.3 Å². The molecule has 2 rings (SSSR count). The second kappa shape index (κ2) is 5.99. The molecule has 2 heteroatoms. The van der Waals surface area contributed by atoms with Crippen molar-refractivity contribution in [3.8, 4) is 0 Å². The van der Waals surface area contributed by atoms with E-state index in [0.29, 0.717) is 0 Å². The van der Waals surface area contributed by atoms with Gasteiger partial charge in [0.1, 0.15) is 0 Å². The minimum Gasteiger partial charge on any atom is -0.393 e. The van der Waals surface area contributed by atoms with E-state index in [1.165, 1.54) is 16.0 Å². The molecule has 0 aliphatic carbocycles. The van der Waals surface area contributed by atoms with E-state index in [1.807, 2.05) is 12.1 Å². The first kappa shape index (κ1) is 12.3. The van der Waals surface area contributed by atoms with Gasteiger partial charge in [0, 0.05) is 4.88 Å². The predicted molar refractivity (Wildman–Crippen MR) is 73.5 cm³/mol. The second-order valence-electron chi connectivity index (χ2n) is 4.40. The average molecular weight is 246 g/mol. The number of hydrogen-bond acceptors (Lipinski definition) is 2. The fraction of sp³-hybridized carbons (Fsp3) is 0.333. The highest BCUT2D eigenvalue weighted by atomic mass is 32.1. The van der Waals surface area contributed by atoms with Gasteiger partial charge in [-0.25, -0.2) is 0 Å². The lowest BCUT2D eigenvalue weighted by molar-refractivity contribution is 0.165. The molecule has 1 atom stereocenters. The standard InChI is InChI=1S/C15H18OS/c1-12-5-2-3-6-13(12)11-14(16)8-9-15-7-4-10-17-15/h2-7,10,14,16H,8-9,11H2,1H3. The highest BCUT2D eigenvalue weighted by molar-refractivity contribution is 7.09. The van der Waals surface area contributed by atoms with Crippen molar-refractivity contribution in [2.45, 2.75) is 32.3 Å². The van der Waals surface area contributed by atoms with Crippen LogP contribution in [0.3, 0.4) is 0 Å². The number of hydrogen-bond donors (Lipinski definition) is 1. The van der Waals surface area contributed by atoms with E-state index in [9.17, 15) is 5.11 Å². The van der Waals surface area contributed by atoms with Crippen LogP contribution in [0.1, 0.15) is 22.4 Å². The Morgan fingerprint density at radius 3 is 2.71 bits per heavy atom. The van der Waals surface area contributed by atoms with Crippen molar-refractivity contribution in [1.29, 1.82) is 0 Å². The maximum Gasteiger partial charge on any atom is 0.0584 e. The van der Waals surface area contributed by atoms with E-state index in [1.54, 1.807) is 11.3 Å². The van der Waals surface area contributed by atoms with Crippen molar-refractivity contribution in [2.24, 2.45) is 0 Å². The quantitative estimate of drug-likeness (QED) is 0.854. The van der Waals surface area contributed by atoms with Crippen LogP contribution in [0.4, 0.5) is 0 Å². The van der Waals surface area contributed by atoms with Crippen LogP contribution >= 0.6 is 11.3 Å². The first-order chi connectivity index (χ1) is 8.25. The monoisotopic (exact) mass is 246 g/mol. The van der Waals surface area contributed by atoms with Gasteiger partial charge in [0.05, 0.1) is 6.10 Å². The molecule has 1 aromatic heterocycles. The highest BCUT2D eigenvalue weighted by Crippen LogP contribution is 2.15. The molecule has 0 bridgehead atoms. The van der Waals surface area contributed by atoms with E-state index in [-0.39, 0.29) is 6.10 Å². The number of rotatable bonds is 5.